The summed E-state index contributed by atoms with van der Waals surface area (Å²) in [5.41, 5.74) is 5.42. The molecule has 0 saturated carbocycles. The molecule has 0 aliphatic carbocycles. The fraction of sp³-hybridized carbons (Fsp3) is 0.714. The Balaban J connectivity index is 3.78. The highest BCUT2D eigenvalue weighted by Gasteiger charge is 2.26. The van der Waals surface area contributed by atoms with Gasteiger partial charge in [-0.05, 0) is 116 Å². The van der Waals surface area contributed by atoms with Crippen molar-refractivity contribution in [2.24, 2.45) is 5.73 Å². The molecule has 101 heavy (non-hydrogen) atoms. The quantitative estimate of drug-likeness (QED) is 0.0264. The van der Waals surface area contributed by atoms with Crippen LogP contribution in [0.15, 0.2) is 146 Å². The summed E-state index contributed by atoms with van der Waals surface area (Å²) in [7, 11) is -4.40. The summed E-state index contributed by atoms with van der Waals surface area (Å²) in [4.78, 5) is 35.5. The van der Waals surface area contributed by atoms with Crippen molar-refractivity contribution < 1.29 is 37.6 Å². The number of hydrogen-bond acceptors (Lipinski definition) is 8. The molecule has 0 spiro atoms. The van der Waals surface area contributed by atoms with Crippen LogP contribution in [0.1, 0.15) is 386 Å². The summed E-state index contributed by atoms with van der Waals surface area (Å²) in [5.74, 6) is -0.816. The minimum atomic E-state index is -4.40. The number of ether oxygens (including phenoxy) is 2. The fourth-order valence-electron chi connectivity index (χ4n) is 12.1. The van der Waals surface area contributed by atoms with Gasteiger partial charge in [0.1, 0.15) is 6.61 Å². The van der Waals surface area contributed by atoms with E-state index >= 15 is 0 Å². The number of phosphoric acid groups is 1. The summed E-state index contributed by atoms with van der Waals surface area (Å²) >= 11 is 0. The molecule has 0 saturated heterocycles. The van der Waals surface area contributed by atoms with Crippen molar-refractivity contribution in [3.63, 3.8) is 0 Å². The lowest BCUT2D eigenvalue weighted by Crippen LogP contribution is -2.29. The summed E-state index contributed by atoms with van der Waals surface area (Å²) in [6, 6.07) is 0. The number of phosphoric ester groups is 1. The van der Waals surface area contributed by atoms with Gasteiger partial charge in [-0.3, -0.25) is 18.6 Å². The van der Waals surface area contributed by atoms with Crippen molar-refractivity contribution in [2.75, 3.05) is 26.4 Å². The topological polar surface area (TPSA) is 134 Å². The largest absolute Gasteiger partial charge is 0.472 e. The summed E-state index contributed by atoms with van der Waals surface area (Å²) in [5, 5.41) is 0. The van der Waals surface area contributed by atoms with E-state index in [1.54, 1.807) is 0 Å². The van der Waals surface area contributed by atoms with Crippen molar-refractivity contribution in [2.45, 2.75) is 392 Å². The Bertz CT molecular complexity index is 2180. The van der Waals surface area contributed by atoms with Gasteiger partial charge in [-0.25, -0.2) is 4.57 Å². The number of unbranched alkanes of at least 4 members (excludes halogenated alkanes) is 42. The van der Waals surface area contributed by atoms with Crippen LogP contribution >= 0.6 is 7.82 Å². The smallest absolute Gasteiger partial charge is 0.462 e. The number of carbonyl (C=O) groups excluding carboxylic acids is 2. The lowest BCUT2D eigenvalue weighted by atomic mass is 10.0. The van der Waals surface area contributed by atoms with E-state index in [0.717, 1.165) is 116 Å². The average molecular weight is 1430 g/mol. The minimum Gasteiger partial charge on any atom is -0.462 e. The molecule has 0 rings (SSSR count). The molecule has 0 aromatic rings. The standard InChI is InChI=1S/C91H158NO8P/c1-3-5-7-9-11-13-15-17-19-21-23-25-27-29-31-33-35-37-39-41-43-44-46-47-49-51-53-55-57-59-61-63-65-67-69-71-73-75-77-79-81-83-90(93)97-87-89(88-99-101(95,96)98-86-85-92)100-91(94)84-82-80-78-76-74-72-70-68-66-64-62-60-58-56-54-52-50-48-45-42-40-38-36-34-32-30-28-26-24-22-20-18-16-14-12-10-8-6-4-2/h5-8,11-14,17-20,23-26,30,32,36,38,42,45,50,52,89H,3-4,9-10,15-16,21-22,27-29,31,33-35,37,39-41,43-44,46-49,51,53-88,92H2,1-2H3,(H,95,96)/b7-5-,8-6-,13-11-,14-12-,19-17-,20-18-,25-23-,26-24-,32-30-,38-36-,45-42-,52-50-. The third kappa shape index (κ3) is 84.7. The summed E-state index contributed by atoms with van der Waals surface area (Å²) < 4.78 is 33.3. The molecule has 2 atom stereocenters. The highest BCUT2D eigenvalue weighted by atomic mass is 31.2. The maximum Gasteiger partial charge on any atom is 0.472 e. The number of carbonyl (C=O) groups is 2. The van der Waals surface area contributed by atoms with Crippen LogP contribution in [-0.4, -0.2) is 49.3 Å². The molecule has 0 heterocycles. The van der Waals surface area contributed by atoms with E-state index in [9.17, 15) is 19.0 Å². The molecule has 0 aromatic carbocycles. The lowest BCUT2D eigenvalue weighted by Gasteiger charge is -2.19. The highest BCUT2D eigenvalue weighted by molar-refractivity contribution is 7.47. The number of rotatable bonds is 79. The van der Waals surface area contributed by atoms with Crippen LogP contribution in [-0.2, 0) is 32.7 Å². The van der Waals surface area contributed by atoms with Crippen LogP contribution in [0.3, 0.4) is 0 Å². The van der Waals surface area contributed by atoms with E-state index in [4.69, 9.17) is 24.3 Å². The second-order valence-corrected chi connectivity index (χ2v) is 29.4. The SMILES string of the molecule is CC/C=C\C/C=C\C/C=C\C/C=C\C/C=C\C/C=C\C/C=C\C/C=C\CCCCCCCCCCCCCCCCC(=O)OC(COC(=O)CCCCCCCCCCCCCCCCCCCCCCCCCCCCCC/C=C\C/C=C\C/C=C\C/C=C\CC)COP(=O)(O)OCCN. The van der Waals surface area contributed by atoms with Gasteiger partial charge >= 0.3 is 19.8 Å². The summed E-state index contributed by atoms with van der Waals surface area (Å²) in [6.07, 6.45) is 123. The van der Waals surface area contributed by atoms with E-state index in [2.05, 4.69) is 160 Å². The van der Waals surface area contributed by atoms with Gasteiger partial charge in [0.2, 0.25) is 0 Å². The Kier molecular flexibility index (Phi) is 81.4. The molecule has 0 aromatic heterocycles. The fourth-order valence-corrected chi connectivity index (χ4v) is 12.8. The predicted molar refractivity (Wildman–Crippen MR) is 440 cm³/mol. The van der Waals surface area contributed by atoms with Crippen molar-refractivity contribution in [1.82, 2.24) is 0 Å². The molecule has 2 unspecified atom stereocenters. The van der Waals surface area contributed by atoms with E-state index in [-0.39, 0.29) is 38.6 Å². The van der Waals surface area contributed by atoms with Crippen molar-refractivity contribution >= 4 is 19.8 Å². The molecule has 3 N–H and O–H groups in total. The monoisotopic (exact) mass is 1420 g/mol. The Hall–Kier alpha value is -4.11. The third-order valence-corrected chi connectivity index (χ3v) is 19.2. The molecule has 9 nitrogen and oxygen atoms in total. The third-order valence-electron chi connectivity index (χ3n) is 18.2. The normalized spacial score (nSPS) is 13.6. The zero-order valence-corrected chi connectivity index (χ0v) is 66.5. The van der Waals surface area contributed by atoms with Crippen LogP contribution in [0.25, 0.3) is 0 Å². The molecule has 0 aliphatic heterocycles. The van der Waals surface area contributed by atoms with Gasteiger partial charge in [-0.1, -0.05) is 404 Å². The van der Waals surface area contributed by atoms with Gasteiger partial charge in [-0.2, -0.15) is 0 Å². The Labute approximate surface area is 624 Å². The van der Waals surface area contributed by atoms with Gasteiger partial charge in [0.25, 0.3) is 0 Å². The Morgan fingerprint density at radius 2 is 0.515 bits per heavy atom. The first-order valence-corrected chi connectivity index (χ1v) is 43.8. The molecule has 10 heteroatoms. The van der Waals surface area contributed by atoms with Crippen molar-refractivity contribution in [3.8, 4) is 0 Å². The number of nitrogens with two attached hydrogens (primary N) is 1. The van der Waals surface area contributed by atoms with Crippen LogP contribution < -0.4 is 5.73 Å². The Morgan fingerprint density at radius 1 is 0.297 bits per heavy atom. The molecule has 0 aliphatic rings. The molecule has 0 bridgehead atoms. The Morgan fingerprint density at radius 3 is 0.762 bits per heavy atom. The van der Waals surface area contributed by atoms with Crippen molar-refractivity contribution in [3.05, 3.63) is 146 Å². The number of esters is 2. The second-order valence-electron chi connectivity index (χ2n) is 27.9. The second kappa shape index (κ2) is 84.8. The van der Waals surface area contributed by atoms with Crippen molar-refractivity contribution in [1.29, 1.82) is 0 Å². The van der Waals surface area contributed by atoms with E-state index in [1.807, 2.05) is 0 Å². The zero-order valence-electron chi connectivity index (χ0n) is 65.6. The van der Waals surface area contributed by atoms with Crippen LogP contribution in [0.4, 0.5) is 0 Å². The van der Waals surface area contributed by atoms with Gasteiger partial charge in [0.15, 0.2) is 6.10 Å². The molecule has 0 fully saturated rings. The molecular formula is C91H158NO8P. The highest BCUT2D eigenvalue weighted by Crippen LogP contribution is 2.43. The van der Waals surface area contributed by atoms with E-state index < -0.39 is 26.5 Å². The van der Waals surface area contributed by atoms with Gasteiger partial charge in [0.05, 0.1) is 13.2 Å². The molecule has 0 amide bonds. The van der Waals surface area contributed by atoms with Gasteiger partial charge in [-0.15, -0.1) is 0 Å². The predicted octanol–water partition coefficient (Wildman–Crippen LogP) is 28.9. The molecule has 580 valence electrons. The first-order valence-electron chi connectivity index (χ1n) is 42.3. The van der Waals surface area contributed by atoms with Gasteiger partial charge in [0, 0.05) is 19.4 Å². The van der Waals surface area contributed by atoms with Crippen LogP contribution in [0.5, 0.6) is 0 Å². The maximum absolute atomic E-state index is 12.8. The first-order chi connectivity index (χ1) is 49.8. The molecule has 0 radical (unpaired) electrons. The minimum absolute atomic E-state index is 0.0506. The molecular weight excluding hydrogens is 1270 g/mol. The average Bonchev–Trinajstić information content (AvgIpc) is 1.01. The van der Waals surface area contributed by atoms with Crippen LogP contribution in [0, 0.1) is 0 Å². The van der Waals surface area contributed by atoms with E-state index in [0.29, 0.717) is 6.42 Å². The van der Waals surface area contributed by atoms with Crippen LogP contribution in [0.2, 0.25) is 0 Å². The van der Waals surface area contributed by atoms with E-state index in [1.165, 1.54) is 238 Å². The number of allylic oxidation sites excluding steroid dienone is 24. The lowest BCUT2D eigenvalue weighted by molar-refractivity contribution is -0.161. The zero-order chi connectivity index (χ0) is 72.9. The number of hydrogen-bond donors (Lipinski definition) is 2. The maximum atomic E-state index is 12.8. The first kappa shape index (κ1) is 96.9. The summed E-state index contributed by atoms with van der Waals surface area (Å²) in [6.45, 7) is 3.56. The van der Waals surface area contributed by atoms with Gasteiger partial charge < -0.3 is 20.1 Å².